The molecule has 1 rings (SSSR count). The summed E-state index contributed by atoms with van der Waals surface area (Å²) in [6, 6.07) is 5.72. The Hall–Kier alpha value is -1.15. The Morgan fingerprint density at radius 2 is 1.80 bits per heavy atom. The second kappa shape index (κ2) is 7.85. The predicted octanol–water partition coefficient (Wildman–Crippen LogP) is 1.21. The van der Waals surface area contributed by atoms with Crippen LogP contribution in [0.1, 0.15) is 0 Å². The van der Waals surface area contributed by atoms with Gasteiger partial charge in [-0.3, -0.25) is 4.98 Å². The maximum Gasteiger partial charge on any atom is 0.0267 e. The van der Waals surface area contributed by atoms with E-state index >= 15 is 0 Å². The minimum absolute atomic E-state index is 0.583. The molecule has 2 N–H and O–H groups in total. The van der Waals surface area contributed by atoms with Gasteiger partial charge in [0.2, 0.25) is 0 Å². The zero-order valence-corrected chi connectivity index (χ0v) is 5.90. The van der Waals surface area contributed by atoms with Crippen molar-refractivity contribution in [3.63, 3.8) is 0 Å². The summed E-state index contributed by atoms with van der Waals surface area (Å²) in [5.74, 6) is 0. The number of hydrogen-bond acceptors (Lipinski definition) is 2. The van der Waals surface area contributed by atoms with Crippen LogP contribution in [0.4, 0.5) is 0 Å². The van der Waals surface area contributed by atoms with E-state index in [4.69, 9.17) is 5.73 Å². The van der Waals surface area contributed by atoms with E-state index in [1.807, 2.05) is 18.2 Å². The molecule has 1 aromatic heterocycles. The molecule has 0 spiro atoms. The van der Waals surface area contributed by atoms with Crippen molar-refractivity contribution in [2.45, 2.75) is 0 Å². The van der Waals surface area contributed by atoms with E-state index in [0.29, 0.717) is 6.54 Å². The molecule has 0 aliphatic carbocycles. The maximum absolute atomic E-state index is 4.91. The van der Waals surface area contributed by atoms with E-state index in [2.05, 4.69) is 11.6 Å². The molecule has 2 nitrogen and oxygen atoms in total. The van der Waals surface area contributed by atoms with Crippen LogP contribution in [0.25, 0.3) is 0 Å². The SMILES string of the molecule is C=CCN.c1ccncc1. The van der Waals surface area contributed by atoms with Gasteiger partial charge in [-0.1, -0.05) is 12.1 Å². The molecule has 0 bridgehead atoms. The lowest BCUT2D eigenvalue weighted by atomic mass is 10.5. The minimum Gasteiger partial charge on any atom is -0.327 e. The molecule has 10 heavy (non-hydrogen) atoms. The largest absolute Gasteiger partial charge is 0.327 e. The predicted molar refractivity (Wildman–Crippen MR) is 43.5 cm³/mol. The van der Waals surface area contributed by atoms with Crippen LogP contribution in [0.5, 0.6) is 0 Å². The number of nitrogens with two attached hydrogens (primary N) is 1. The molecule has 54 valence electrons. The molecule has 0 saturated heterocycles. The van der Waals surface area contributed by atoms with E-state index in [-0.39, 0.29) is 0 Å². The standard InChI is InChI=1S/C5H5N.C3H7N/c1-2-4-6-5-3-1;1-2-3-4/h1-5H;2H,1,3-4H2. The molecule has 0 aliphatic rings. The molecule has 1 heterocycles. The average Bonchev–Trinajstić information content (AvgIpc) is 2.08. The van der Waals surface area contributed by atoms with Crippen molar-refractivity contribution in [1.82, 2.24) is 4.98 Å². The summed E-state index contributed by atoms with van der Waals surface area (Å²) >= 11 is 0. The number of aromatic nitrogens is 1. The fraction of sp³-hybridized carbons (Fsp3) is 0.125. The van der Waals surface area contributed by atoms with Crippen molar-refractivity contribution in [3.05, 3.63) is 43.2 Å². The minimum atomic E-state index is 0.583. The third kappa shape index (κ3) is 6.85. The number of pyridine rings is 1. The molecular formula is C8H12N2. The van der Waals surface area contributed by atoms with Gasteiger partial charge in [-0.2, -0.15) is 0 Å². The summed E-state index contributed by atoms with van der Waals surface area (Å²) < 4.78 is 0. The molecule has 2 heteroatoms. The Morgan fingerprint density at radius 1 is 1.30 bits per heavy atom. The smallest absolute Gasteiger partial charge is 0.0267 e. The first-order chi connectivity index (χ1) is 4.91. The summed E-state index contributed by atoms with van der Waals surface area (Å²) in [7, 11) is 0. The summed E-state index contributed by atoms with van der Waals surface area (Å²) in [6.45, 7) is 3.94. The average molecular weight is 136 g/mol. The summed E-state index contributed by atoms with van der Waals surface area (Å²) in [5, 5.41) is 0. The molecule has 0 atom stereocenters. The highest BCUT2D eigenvalue weighted by Crippen LogP contribution is 1.73. The van der Waals surface area contributed by atoms with Crippen molar-refractivity contribution in [3.8, 4) is 0 Å². The van der Waals surface area contributed by atoms with E-state index in [0.717, 1.165) is 0 Å². The first-order valence-electron chi connectivity index (χ1n) is 3.07. The van der Waals surface area contributed by atoms with Crippen LogP contribution in [-0.2, 0) is 0 Å². The molecular weight excluding hydrogens is 124 g/mol. The molecule has 1 aromatic rings. The summed E-state index contributed by atoms with van der Waals surface area (Å²) in [5.41, 5.74) is 4.91. The van der Waals surface area contributed by atoms with Crippen LogP contribution in [0, 0.1) is 0 Å². The highest BCUT2D eigenvalue weighted by Gasteiger charge is 1.58. The maximum atomic E-state index is 4.91. The zero-order valence-electron chi connectivity index (χ0n) is 5.90. The Labute approximate surface area is 61.4 Å². The van der Waals surface area contributed by atoms with Gasteiger partial charge in [0, 0.05) is 18.9 Å². The molecule has 0 fully saturated rings. The molecule has 0 radical (unpaired) electrons. The van der Waals surface area contributed by atoms with Crippen LogP contribution in [0.15, 0.2) is 43.2 Å². The zero-order chi connectivity index (χ0) is 7.66. The first kappa shape index (κ1) is 8.85. The molecule has 0 amide bonds. The highest BCUT2D eigenvalue weighted by atomic mass is 14.6. The van der Waals surface area contributed by atoms with Gasteiger partial charge in [0.25, 0.3) is 0 Å². The number of rotatable bonds is 1. The molecule has 0 aliphatic heterocycles. The second-order valence-corrected chi connectivity index (χ2v) is 1.55. The van der Waals surface area contributed by atoms with Gasteiger partial charge in [-0.15, -0.1) is 6.58 Å². The van der Waals surface area contributed by atoms with E-state index in [1.54, 1.807) is 18.5 Å². The van der Waals surface area contributed by atoms with Crippen LogP contribution in [0.3, 0.4) is 0 Å². The van der Waals surface area contributed by atoms with E-state index in [9.17, 15) is 0 Å². The normalized spacial score (nSPS) is 7.30. The number of nitrogens with zero attached hydrogens (tertiary/aromatic N) is 1. The Kier molecular flexibility index (Phi) is 6.95. The molecule has 0 unspecified atom stereocenters. The monoisotopic (exact) mass is 136 g/mol. The lowest BCUT2D eigenvalue weighted by molar-refractivity contribution is 1.26. The van der Waals surface area contributed by atoms with Crippen LogP contribution >= 0.6 is 0 Å². The van der Waals surface area contributed by atoms with Crippen LogP contribution < -0.4 is 5.73 Å². The lowest BCUT2D eigenvalue weighted by Gasteiger charge is -1.70. The molecule has 0 aromatic carbocycles. The number of hydrogen-bond donors (Lipinski definition) is 1. The fourth-order valence-corrected chi connectivity index (χ4v) is 0.313. The van der Waals surface area contributed by atoms with Crippen molar-refractivity contribution in [2.24, 2.45) is 5.73 Å². The van der Waals surface area contributed by atoms with Gasteiger partial charge in [0.1, 0.15) is 0 Å². The van der Waals surface area contributed by atoms with E-state index < -0.39 is 0 Å². The first-order valence-corrected chi connectivity index (χ1v) is 3.07. The van der Waals surface area contributed by atoms with Crippen molar-refractivity contribution < 1.29 is 0 Å². The lowest BCUT2D eigenvalue weighted by Crippen LogP contribution is -1.90. The van der Waals surface area contributed by atoms with Gasteiger partial charge < -0.3 is 5.73 Å². The van der Waals surface area contributed by atoms with Crippen LogP contribution in [-0.4, -0.2) is 11.5 Å². The van der Waals surface area contributed by atoms with Gasteiger partial charge in [-0.05, 0) is 12.1 Å². The van der Waals surface area contributed by atoms with E-state index in [1.165, 1.54) is 0 Å². The summed E-state index contributed by atoms with van der Waals surface area (Å²) in [4.78, 5) is 3.78. The Bertz CT molecular complexity index is 122. The summed E-state index contributed by atoms with van der Waals surface area (Å²) in [6.07, 6.45) is 5.15. The van der Waals surface area contributed by atoms with Gasteiger partial charge in [-0.25, -0.2) is 0 Å². The van der Waals surface area contributed by atoms with Gasteiger partial charge in [0.05, 0.1) is 0 Å². The third-order valence-electron chi connectivity index (χ3n) is 0.733. The topological polar surface area (TPSA) is 38.9 Å². The Balaban J connectivity index is 0.000000180. The fourth-order valence-electron chi connectivity index (χ4n) is 0.313. The van der Waals surface area contributed by atoms with Crippen molar-refractivity contribution >= 4 is 0 Å². The third-order valence-corrected chi connectivity index (χ3v) is 0.733. The van der Waals surface area contributed by atoms with Gasteiger partial charge in [0.15, 0.2) is 0 Å². The highest BCUT2D eigenvalue weighted by molar-refractivity contribution is 4.88. The Morgan fingerprint density at radius 3 is 1.90 bits per heavy atom. The van der Waals surface area contributed by atoms with Crippen LogP contribution in [0.2, 0.25) is 0 Å². The van der Waals surface area contributed by atoms with Gasteiger partial charge >= 0.3 is 0 Å². The molecule has 0 saturated carbocycles. The quantitative estimate of drug-likeness (QED) is 0.589. The van der Waals surface area contributed by atoms with Crippen molar-refractivity contribution in [2.75, 3.05) is 6.54 Å². The van der Waals surface area contributed by atoms with Crippen molar-refractivity contribution in [1.29, 1.82) is 0 Å². The second-order valence-electron chi connectivity index (χ2n) is 1.55.